The lowest BCUT2D eigenvalue weighted by Crippen LogP contribution is -2.29. The number of hydrogen-bond donors (Lipinski definition) is 4. The molecule has 1 saturated heterocycles. The SMILES string of the molecule is C=C(NCc1c(CC)nc2c(cnn2CC)c1NC1CCOCC1)c1ccc(NC(=O)CCCCCCCN(C)CCO)cc1. The third-order valence-corrected chi connectivity index (χ3v) is 8.60. The van der Waals surface area contributed by atoms with Crippen molar-refractivity contribution in [3.63, 3.8) is 0 Å². The number of amides is 1. The van der Waals surface area contributed by atoms with Gasteiger partial charge < -0.3 is 30.7 Å². The molecule has 1 aliphatic rings. The first-order valence-electron chi connectivity index (χ1n) is 16.8. The van der Waals surface area contributed by atoms with Gasteiger partial charge in [-0.3, -0.25) is 4.79 Å². The average molecular weight is 620 g/mol. The molecule has 10 heteroatoms. The van der Waals surface area contributed by atoms with E-state index < -0.39 is 0 Å². The highest BCUT2D eigenvalue weighted by Crippen LogP contribution is 2.31. The number of benzene rings is 1. The number of pyridine rings is 1. The number of fused-ring (bicyclic) bond motifs is 1. The normalized spacial score (nSPS) is 13.8. The van der Waals surface area contributed by atoms with Crippen LogP contribution in [0.3, 0.4) is 0 Å². The maximum absolute atomic E-state index is 12.5. The van der Waals surface area contributed by atoms with Gasteiger partial charge in [0.1, 0.15) is 0 Å². The number of nitrogens with one attached hydrogen (secondary N) is 3. The summed E-state index contributed by atoms with van der Waals surface area (Å²) in [5.74, 6) is 0.0494. The maximum atomic E-state index is 12.5. The quantitative estimate of drug-likeness (QED) is 0.129. The summed E-state index contributed by atoms with van der Waals surface area (Å²) in [4.78, 5) is 19.7. The van der Waals surface area contributed by atoms with Crippen LogP contribution in [0, 0.1) is 0 Å². The van der Waals surface area contributed by atoms with E-state index in [4.69, 9.17) is 14.8 Å². The lowest BCUT2D eigenvalue weighted by molar-refractivity contribution is -0.116. The second-order valence-electron chi connectivity index (χ2n) is 12.0. The van der Waals surface area contributed by atoms with Crippen molar-refractivity contribution in [1.29, 1.82) is 0 Å². The third-order valence-electron chi connectivity index (χ3n) is 8.60. The molecule has 0 unspecified atom stereocenters. The molecule has 0 radical (unpaired) electrons. The van der Waals surface area contributed by atoms with Gasteiger partial charge in [0.05, 0.1) is 23.9 Å². The highest BCUT2D eigenvalue weighted by atomic mass is 16.5. The molecule has 45 heavy (non-hydrogen) atoms. The zero-order valence-electron chi connectivity index (χ0n) is 27.5. The van der Waals surface area contributed by atoms with E-state index in [1.54, 1.807) is 0 Å². The van der Waals surface area contributed by atoms with E-state index in [0.29, 0.717) is 19.0 Å². The standard InChI is InChI=1S/C35H53N7O3/c1-5-32-30(34(39-29-17-22-45-23-18-29)31-25-37-42(6-2)35(31)40-32)24-36-26(3)27-13-15-28(16-14-27)38-33(44)12-10-8-7-9-11-19-41(4)20-21-43/h13-16,25,29,36,43H,3,5-12,17-24H2,1-2,4H3,(H,38,44)(H,39,40). The molecule has 0 saturated carbocycles. The minimum Gasteiger partial charge on any atom is -0.395 e. The number of nitrogens with zero attached hydrogens (tertiary/aromatic N) is 4. The Morgan fingerprint density at radius 2 is 1.82 bits per heavy atom. The fourth-order valence-corrected chi connectivity index (χ4v) is 5.86. The zero-order chi connectivity index (χ0) is 32.0. The van der Waals surface area contributed by atoms with Crippen molar-refractivity contribution in [3.8, 4) is 0 Å². The van der Waals surface area contributed by atoms with E-state index in [9.17, 15) is 4.79 Å². The van der Waals surface area contributed by atoms with E-state index in [2.05, 4.69) is 46.4 Å². The Morgan fingerprint density at radius 3 is 2.53 bits per heavy atom. The molecule has 3 heterocycles. The van der Waals surface area contributed by atoms with Crippen molar-refractivity contribution < 1.29 is 14.6 Å². The maximum Gasteiger partial charge on any atom is 0.224 e. The Hall–Kier alpha value is -3.47. The molecule has 1 fully saturated rings. The van der Waals surface area contributed by atoms with Crippen LogP contribution in [-0.4, -0.2) is 76.7 Å². The summed E-state index contributed by atoms with van der Waals surface area (Å²) >= 11 is 0. The number of carbonyl (C=O) groups excluding carboxylic acids is 1. The predicted molar refractivity (Wildman–Crippen MR) is 183 cm³/mol. The van der Waals surface area contributed by atoms with E-state index in [1.165, 1.54) is 0 Å². The van der Waals surface area contributed by atoms with Gasteiger partial charge in [0.2, 0.25) is 5.91 Å². The van der Waals surface area contributed by atoms with Gasteiger partial charge >= 0.3 is 0 Å². The van der Waals surface area contributed by atoms with Gasteiger partial charge in [0.25, 0.3) is 0 Å². The molecule has 0 atom stereocenters. The lowest BCUT2D eigenvalue weighted by atomic mass is 10.0. The van der Waals surface area contributed by atoms with E-state index >= 15 is 0 Å². The molecule has 0 aliphatic carbocycles. The van der Waals surface area contributed by atoms with Gasteiger partial charge in [-0.15, -0.1) is 0 Å². The Kier molecular flexibility index (Phi) is 13.7. The van der Waals surface area contributed by atoms with Crippen LogP contribution in [0.4, 0.5) is 11.4 Å². The second kappa shape index (κ2) is 17.9. The number of aromatic nitrogens is 3. The topological polar surface area (TPSA) is 117 Å². The summed E-state index contributed by atoms with van der Waals surface area (Å²) in [7, 11) is 2.03. The summed E-state index contributed by atoms with van der Waals surface area (Å²) in [6.45, 7) is 13.4. The lowest BCUT2D eigenvalue weighted by Gasteiger charge is -2.27. The Morgan fingerprint density at radius 1 is 1.09 bits per heavy atom. The first kappa shape index (κ1) is 34.4. The van der Waals surface area contributed by atoms with E-state index in [-0.39, 0.29) is 12.5 Å². The minimum absolute atomic E-state index is 0.0494. The van der Waals surface area contributed by atoms with Gasteiger partial charge in [-0.25, -0.2) is 9.67 Å². The monoisotopic (exact) mass is 619 g/mol. The van der Waals surface area contributed by atoms with E-state index in [0.717, 1.165) is 129 Å². The summed E-state index contributed by atoms with van der Waals surface area (Å²) < 4.78 is 7.56. The van der Waals surface area contributed by atoms with Crippen molar-refractivity contribution in [2.45, 2.75) is 90.8 Å². The Labute approximate surface area is 268 Å². The molecule has 4 N–H and O–H groups in total. The number of anilines is 2. The largest absolute Gasteiger partial charge is 0.395 e. The predicted octanol–water partition coefficient (Wildman–Crippen LogP) is 5.57. The summed E-state index contributed by atoms with van der Waals surface area (Å²) in [5.41, 5.74) is 6.81. The number of aryl methyl sites for hydroxylation is 2. The fraction of sp³-hybridized carbons (Fsp3) is 0.571. The van der Waals surface area contributed by atoms with E-state index in [1.807, 2.05) is 42.2 Å². The van der Waals surface area contributed by atoms with Gasteiger partial charge in [0.15, 0.2) is 5.65 Å². The number of unbranched alkanes of at least 4 members (excludes halogenated alkanes) is 4. The molecular weight excluding hydrogens is 566 g/mol. The van der Waals surface area contributed by atoms with Gasteiger partial charge in [-0.2, -0.15) is 5.10 Å². The van der Waals surface area contributed by atoms with Gasteiger partial charge in [-0.05, 0) is 70.3 Å². The number of carbonyl (C=O) groups is 1. The van der Waals surface area contributed by atoms with Crippen LogP contribution in [-0.2, 0) is 29.0 Å². The molecular formula is C35H53N7O3. The number of likely N-dealkylation sites (N-methyl/N-ethyl adjacent to an activating group) is 1. The minimum atomic E-state index is 0.0494. The van der Waals surface area contributed by atoms with Crippen LogP contribution >= 0.6 is 0 Å². The van der Waals surface area contributed by atoms with Gasteiger partial charge in [-0.1, -0.05) is 44.9 Å². The highest BCUT2D eigenvalue weighted by molar-refractivity contribution is 5.92. The number of ether oxygens (including phenoxy) is 1. The first-order chi connectivity index (χ1) is 21.9. The van der Waals surface area contributed by atoms with Crippen LogP contribution < -0.4 is 16.0 Å². The summed E-state index contributed by atoms with van der Waals surface area (Å²) in [6.07, 6.45) is 10.6. The summed E-state index contributed by atoms with van der Waals surface area (Å²) in [6, 6.07) is 8.20. The molecule has 1 amide bonds. The molecule has 1 aliphatic heterocycles. The molecule has 246 valence electrons. The van der Waals surface area contributed by atoms with Crippen molar-refractivity contribution >= 4 is 34.0 Å². The number of rotatable bonds is 19. The van der Waals surface area contributed by atoms with Crippen molar-refractivity contribution in [3.05, 3.63) is 53.9 Å². The van der Waals surface area contributed by atoms with Crippen LogP contribution in [0.25, 0.3) is 16.7 Å². The zero-order valence-corrected chi connectivity index (χ0v) is 27.5. The molecule has 2 aromatic heterocycles. The molecule has 1 aromatic carbocycles. The number of aliphatic hydroxyl groups excluding tert-OH is 1. The average Bonchev–Trinajstić information content (AvgIpc) is 3.47. The van der Waals surface area contributed by atoms with Crippen LogP contribution in [0.1, 0.15) is 82.0 Å². The van der Waals surface area contributed by atoms with Crippen molar-refractivity contribution in [1.82, 2.24) is 25.0 Å². The first-order valence-corrected chi connectivity index (χ1v) is 16.8. The summed E-state index contributed by atoms with van der Waals surface area (Å²) in [5, 5.41) is 25.0. The fourth-order valence-electron chi connectivity index (χ4n) is 5.86. The van der Waals surface area contributed by atoms with Crippen molar-refractivity contribution in [2.24, 2.45) is 0 Å². The second-order valence-corrected chi connectivity index (χ2v) is 12.0. The molecule has 4 rings (SSSR count). The molecule has 10 nitrogen and oxygen atoms in total. The number of aliphatic hydroxyl groups is 1. The third kappa shape index (κ3) is 10.0. The highest BCUT2D eigenvalue weighted by Gasteiger charge is 2.21. The van der Waals surface area contributed by atoms with Crippen molar-refractivity contribution in [2.75, 3.05) is 50.6 Å². The van der Waals surface area contributed by atoms with Crippen LogP contribution in [0.15, 0.2) is 37.0 Å². The molecule has 0 bridgehead atoms. The van der Waals surface area contributed by atoms with Crippen LogP contribution in [0.5, 0.6) is 0 Å². The Balaban J connectivity index is 1.30. The van der Waals surface area contributed by atoms with Gasteiger partial charge in [0, 0.05) is 68.0 Å². The molecule has 0 spiro atoms. The van der Waals surface area contributed by atoms with Crippen LogP contribution in [0.2, 0.25) is 0 Å². The number of hydrogen-bond acceptors (Lipinski definition) is 8. The molecule has 3 aromatic rings. The smallest absolute Gasteiger partial charge is 0.224 e. The Bertz CT molecular complexity index is 1370.